The third-order valence-electron chi connectivity index (χ3n) is 4.05. The van der Waals surface area contributed by atoms with E-state index in [4.69, 9.17) is 9.47 Å². The molecule has 0 unspecified atom stereocenters. The van der Waals surface area contributed by atoms with Gasteiger partial charge in [0.2, 0.25) is 0 Å². The molecule has 0 bridgehead atoms. The molecule has 0 amide bonds. The average molecular weight is 298 g/mol. The Labute approximate surface area is 131 Å². The molecule has 22 heavy (non-hydrogen) atoms. The molecule has 2 aromatic rings. The Hall–Kier alpha value is -1.91. The molecular formula is C18H22N2O2. The number of benzene rings is 1. The molecule has 0 N–H and O–H groups in total. The van der Waals surface area contributed by atoms with Gasteiger partial charge in [-0.25, -0.2) is 0 Å². The van der Waals surface area contributed by atoms with Crippen LogP contribution in [-0.4, -0.2) is 42.7 Å². The van der Waals surface area contributed by atoms with Crippen molar-refractivity contribution in [3.63, 3.8) is 0 Å². The second kappa shape index (κ2) is 7.38. The molecule has 1 saturated heterocycles. The second-order valence-corrected chi connectivity index (χ2v) is 5.61. The number of aromatic nitrogens is 1. The summed E-state index contributed by atoms with van der Waals surface area (Å²) in [4.78, 5) is 6.49. The van der Waals surface area contributed by atoms with Crippen LogP contribution in [0.5, 0.6) is 5.75 Å². The smallest absolute Gasteiger partial charge is 0.138 e. The van der Waals surface area contributed by atoms with Gasteiger partial charge in [0.25, 0.3) is 0 Å². The molecule has 1 aliphatic heterocycles. The number of methoxy groups -OCH3 is 1. The summed E-state index contributed by atoms with van der Waals surface area (Å²) in [5.41, 5.74) is 1.22. The van der Waals surface area contributed by atoms with Gasteiger partial charge in [0.05, 0.1) is 12.3 Å². The van der Waals surface area contributed by atoms with Crippen LogP contribution in [0.25, 0.3) is 0 Å². The first-order valence-electron chi connectivity index (χ1n) is 7.72. The van der Waals surface area contributed by atoms with Crippen molar-refractivity contribution in [3.05, 3.63) is 60.4 Å². The van der Waals surface area contributed by atoms with Gasteiger partial charge in [-0.05, 0) is 24.1 Å². The third-order valence-corrected chi connectivity index (χ3v) is 4.05. The van der Waals surface area contributed by atoms with Crippen molar-refractivity contribution >= 4 is 0 Å². The maximum Gasteiger partial charge on any atom is 0.138 e. The average Bonchev–Trinajstić information content (AvgIpc) is 3.01. The SMILES string of the molecule is CO[C@H](CN1CC[C@@H](Oc2cccnc2)C1)c1ccccc1. The van der Waals surface area contributed by atoms with E-state index in [1.807, 2.05) is 18.2 Å². The lowest BCUT2D eigenvalue weighted by atomic mass is 10.1. The molecular weight excluding hydrogens is 276 g/mol. The van der Waals surface area contributed by atoms with Gasteiger partial charge in [0.15, 0.2) is 0 Å². The lowest BCUT2D eigenvalue weighted by Crippen LogP contribution is -2.29. The predicted molar refractivity (Wildman–Crippen MR) is 85.9 cm³/mol. The van der Waals surface area contributed by atoms with Gasteiger partial charge in [0.1, 0.15) is 11.9 Å². The zero-order valence-electron chi connectivity index (χ0n) is 12.9. The molecule has 4 heteroatoms. The van der Waals surface area contributed by atoms with Gasteiger partial charge in [-0.1, -0.05) is 30.3 Å². The Bertz CT molecular complexity index is 562. The van der Waals surface area contributed by atoms with Crippen molar-refractivity contribution in [3.8, 4) is 5.75 Å². The van der Waals surface area contributed by atoms with E-state index in [2.05, 4.69) is 34.1 Å². The van der Waals surface area contributed by atoms with Gasteiger partial charge < -0.3 is 9.47 Å². The monoisotopic (exact) mass is 298 g/mol. The summed E-state index contributed by atoms with van der Waals surface area (Å²) < 4.78 is 11.6. The number of nitrogens with zero attached hydrogens (tertiary/aromatic N) is 2. The van der Waals surface area contributed by atoms with E-state index in [0.717, 1.165) is 31.8 Å². The molecule has 2 atom stereocenters. The van der Waals surface area contributed by atoms with Crippen LogP contribution in [0, 0.1) is 0 Å². The van der Waals surface area contributed by atoms with Crippen molar-refractivity contribution in [2.75, 3.05) is 26.7 Å². The molecule has 116 valence electrons. The van der Waals surface area contributed by atoms with Gasteiger partial charge in [0, 0.05) is 32.9 Å². The summed E-state index contributed by atoms with van der Waals surface area (Å²) in [6.45, 7) is 2.87. The molecule has 0 aliphatic carbocycles. The van der Waals surface area contributed by atoms with Gasteiger partial charge >= 0.3 is 0 Å². The lowest BCUT2D eigenvalue weighted by Gasteiger charge is -2.23. The number of hydrogen-bond donors (Lipinski definition) is 0. The molecule has 3 rings (SSSR count). The van der Waals surface area contributed by atoms with Crippen molar-refractivity contribution in [2.45, 2.75) is 18.6 Å². The highest BCUT2D eigenvalue weighted by Gasteiger charge is 2.26. The van der Waals surface area contributed by atoms with E-state index >= 15 is 0 Å². The maximum absolute atomic E-state index is 5.98. The van der Waals surface area contributed by atoms with Crippen LogP contribution < -0.4 is 4.74 Å². The zero-order chi connectivity index (χ0) is 15.2. The van der Waals surface area contributed by atoms with Crippen LogP contribution in [0.4, 0.5) is 0 Å². The summed E-state index contributed by atoms with van der Waals surface area (Å²) in [5.74, 6) is 0.848. The van der Waals surface area contributed by atoms with Crippen LogP contribution in [0.1, 0.15) is 18.1 Å². The first-order chi connectivity index (χ1) is 10.8. The van der Waals surface area contributed by atoms with E-state index < -0.39 is 0 Å². The molecule has 1 aromatic carbocycles. The second-order valence-electron chi connectivity index (χ2n) is 5.61. The van der Waals surface area contributed by atoms with Crippen LogP contribution in [0.3, 0.4) is 0 Å². The standard InChI is InChI=1S/C18H22N2O2/c1-21-18(15-6-3-2-4-7-15)14-20-11-9-17(13-20)22-16-8-5-10-19-12-16/h2-8,10,12,17-18H,9,11,13-14H2,1H3/t17-,18-/m1/s1. The summed E-state index contributed by atoms with van der Waals surface area (Å²) in [5, 5.41) is 0. The van der Waals surface area contributed by atoms with Gasteiger partial charge in [-0.2, -0.15) is 0 Å². The molecule has 4 nitrogen and oxygen atoms in total. The fourth-order valence-corrected chi connectivity index (χ4v) is 2.89. The summed E-state index contributed by atoms with van der Waals surface area (Å²) in [6.07, 6.45) is 4.91. The Kier molecular flexibility index (Phi) is 5.03. The molecule has 1 fully saturated rings. The lowest BCUT2D eigenvalue weighted by molar-refractivity contribution is 0.0673. The number of pyridine rings is 1. The summed E-state index contributed by atoms with van der Waals surface area (Å²) in [6, 6.07) is 14.2. The van der Waals surface area contributed by atoms with E-state index in [1.165, 1.54) is 5.56 Å². The quantitative estimate of drug-likeness (QED) is 0.821. The minimum Gasteiger partial charge on any atom is -0.487 e. The molecule has 1 aromatic heterocycles. The van der Waals surface area contributed by atoms with Gasteiger partial charge in [-0.15, -0.1) is 0 Å². The number of hydrogen-bond acceptors (Lipinski definition) is 4. The van der Waals surface area contributed by atoms with Crippen molar-refractivity contribution < 1.29 is 9.47 Å². The first kappa shape index (κ1) is 15.0. The Morgan fingerprint density at radius 3 is 2.82 bits per heavy atom. The van der Waals surface area contributed by atoms with E-state index in [-0.39, 0.29) is 12.2 Å². The summed E-state index contributed by atoms with van der Waals surface area (Å²) >= 11 is 0. The minimum absolute atomic E-state index is 0.110. The van der Waals surface area contributed by atoms with E-state index in [9.17, 15) is 0 Å². The van der Waals surface area contributed by atoms with E-state index in [1.54, 1.807) is 19.5 Å². The molecule has 1 aliphatic rings. The fourth-order valence-electron chi connectivity index (χ4n) is 2.89. The largest absolute Gasteiger partial charge is 0.487 e. The zero-order valence-corrected chi connectivity index (χ0v) is 12.9. The maximum atomic E-state index is 5.98. The molecule has 0 radical (unpaired) electrons. The van der Waals surface area contributed by atoms with Crippen LogP contribution >= 0.6 is 0 Å². The topological polar surface area (TPSA) is 34.6 Å². The van der Waals surface area contributed by atoms with Gasteiger partial charge in [-0.3, -0.25) is 9.88 Å². The van der Waals surface area contributed by atoms with Crippen molar-refractivity contribution in [1.29, 1.82) is 0 Å². The summed E-state index contributed by atoms with van der Waals surface area (Å²) in [7, 11) is 1.78. The Balaban J connectivity index is 1.54. The van der Waals surface area contributed by atoms with E-state index in [0.29, 0.717) is 0 Å². The normalized spacial score (nSPS) is 20.0. The Morgan fingerprint density at radius 2 is 2.09 bits per heavy atom. The third kappa shape index (κ3) is 3.84. The minimum atomic E-state index is 0.110. The molecule has 0 spiro atoms. The van der Waals surface area contributed by atoms with Crippen LogP contribution in [0.15, 0.2) is 54.9 Å². The Morgan fingerprint density at radius 1 is 1.23 bits per heavy atom. The molecule has 0 saturated carbocycles. The number of likely N-dealkylation sites (tertiary alicyclic amines) is 1. The van der Waals surface area contributed by atoms with Crippen LogP contribution in [0.2, 0.25) is 0 Å². The fraction of sp³-hybridized carbons (Fsp3) is 0.389. The van der Waals surface area contributed by atoms with Crippen molar-refractivity contribution in [1.82, 2.24) is 9.88 Å². The van der Waals surface area contributed by atoms with Crippen molar-refractivity contribution in [2.24, 2.45) is 0 Å². The highest BCUT2D eigenvalue weighted by molar-refractivity contribution is 5.18. The van der Waals surface area contributed by atoms with Crippen LogP contribution in [-0.2, 0) is 4.74 Å². The first-order valence-corrected chi connectivity index (χ1v) is 7.72. The highest BCUT2D eigenvalue weighted by Crippen LogP contribution is 2.22. The predicted octanol–water partition coefficient (Wildman–Crippen LogP) is 2.92. The highest BCUT2D eigenvalue weighted by atomic mass is 16.5. The number of ether oxygens (including phenoxy) is 2. The molecule has 2 heterocycles. The number of rotatable bonds is 6.